The molecule has 4 aromatic rings. The van der Waals surface area contributed by atoms with Crippen molar-refractivity contribution in [3.05, 3.63) is 104 Å². The molecular formula is C23H19N3O3S. The molecule has 0 unspecified atom stereocenters. The molecule has 150 valence electrons. The van der Waals surface area contributed by atoms with Crippen molar-refractivity contribution in [1.82, 2.24) is 9.55 Å². The van der Waals surface area contributed by atoms with Gasteiger partial charge in [-0.1, -0.05) is 47.7 Å². The van der Waals surface area contributed by atoms with Crippen LogP contribution in [0.4, 0.5) is 5.69 Å². The first-order valence-electron chi connectivity index (χ1n) is 9.39. The summed E-state index contributed by atoms with van der Waals surface area (Å²) in [6, 6.07) is 19.5. The average molecular weight is 417 g/mol. The van der Waals surface area contributed by atoms with Gasteiger partial charge in [-0.25, -0.2) is 4.98 Å². The van der Waals surface area contributed by atoms with Crippen molar-refractivity contribution in [2.45, 2.75) is 24.8 Å². The molecule has 0 bridgehead atoms. The molecule has 6 nitrogen and oxygen atoms in total. The molecule has 7 heteroatoms. The number of thioether (sulfide) groups is 1. The molecule has 3 aromatic carbocycles. The maximum Gasteiger partial charge on any atom is 0.269 e. The Morgan fingerprint density at radius 2 is 1.77 bits per heavy atom. The molecule has 30 heavy (non-hydrogen) atoms. The summed E-state index contributed by atoms with van der Waals surface area (Å²) < 4.78 is 1.53. The van der Waals surface area contributed by atoms with Crippen molar-refractivity contribution >= 4 is 28.4 Å². The zero-order chi connectivity index (χ0) is 21.3. The number of rotatable bonds is 5. The van der Waals surface area contributed by atoms with E-state index >= 15 is 0 Å². The van der Waals surface area contributed by atoms with E-state index in [0.717, 1.165) is 0 Å². The topological polar surface area (TPSA) is 78.0 Å². The summed E-state index contributed by atoms with van der Waals surface area (Å²) in [7, 11) is 0. The third kappa shape index (κ3) is 3.84. The van der Waals surface area contributed by atoms with Crippen LogP contribution < -0.4 is 5.56 Å². The van der Waals surface area contributed by atoms with E-state index < -0.39 is 4.92 Å². The molecule has 0 saturated carbocycles. The predicted octanol–water partition coefficient (Wildman–Crippen LogP) is 5.20. The molecule has 0 aliphatic carbocycles. The van der Waals surface area contributed by atoms with Crippen LogP contribution in [0, 0.1) is 24.0 Å². The van der Waals surface area contributed by atoms with Crippen molar-refractivity contribution in [2.24, 2.45) is 0 Å². The Balaban J connectivity index is 1.83. The number of para-hydroxylation sites is 1. The van der Waals surface area contributed by atoms with E-state index in [1.807, 2.05) is 12.1 Å². The number of aromatic nitrogens is 2. The zero-order valence-corrected chi connectivity index (χ0v) is 17.3. The fraction of sp³-hybridized carbons (Fsp3) is 0.130. The Morgan fingerprint density at radius 1 is 1.03 bits per heavy atom. The minimum Gasteiger partial charge on any atom is -0.268 e. The van der Waals surface area contributed by atoms with Crippen LogP contribution in [-0.4, -0.2) is 14.5 Å². The number of nitro benzene ring substituents is 1. The first-order valence-corrected chi connectivity index (χ1v) is 10.4. The lowest BCUT2D eigenvalue weighted by atomic mass is 10.1. The van der Waals surface area contributed by atoms with Crippen LogP contribution in [0.1, 0.15) is 16.7 Å². The van der Waals surface area contributed by atoms with Crippen molar-refractivity contribution < 1.29 is 4.92 Å². The third-order valence-electron chi connectivity index (χ3n) is 4.93. The Bertz CT molecular complexity index is 1310. The number of hydrogen-bond donors (Lipinski definition) is 0. The summed E-state index contributed by atoms with van der Waals surface area (Å²) in [5.41, 5.74) is 4.49. The predicted molar refractivity (Wildman–Crippen MR) is 119 cm³/mol. The van der Waals surface area contributed by atoms with Crippen LogP contribution in [0.3, 0.4) is 0 Å². The number of benzene rings is 3. The highest BCUT2D eigenvalue weighted by Crippen LogP contribution is 2.27. The molecule has 0 N–H and O–H groups in total. The second kappa shape index (κ2) is 8.12. The van der Waals surface area contributed by atoms with Gasteiger partial charge in [-0.15, -0.1) is 0 Å². The Labute approximate surface area is 177 Å². The third-order valence-corrected chi connectivity index (χ3v) is 5.91. The smallest absolute Gasteiger partial charge is 0.268 e. The van der Waals surface area contributed by atoms with E-state index in [9.17, 15) is 14.9 Å². The Kier molecular flexibility index (Phi) is 5.37. The van der Waals surface area contributed by atoms with Gasteiger partial charge in [0.05, 0.1) is 21.5 Å². The van der Waals surface area contributed by atoms with Gasteiger partial charge in [-0.05, 0) is 49.2 Å². The molecule has 0 amide bonds. The standard InChI is InChI=1S/C23H19N3O3S/c1-15-7-8-16(2)17(13-15)14-30-23-24-21-6-4-3-5-20(21)22(27)25(23)18-9-11-19(12-10-18)26(28)29/h3-13H,14H2,1-2H3. The Morgan fingerprint density at radius 3 is 2.50 bits per heavy atom. The highest BCUT2D eigenvalue weighted by molar-refractivity contribution is 7.98. The van der Waals surface area contributed by atoms with Gasteiger partial charge in [0.15, 0.2) is 5.16 Å². The monoisotopic (exact) mass is 417 g/mol. The van der Waals surface area contributed by atoms with E-state index in [1.54, 1.807) is 24.3 Å². The normalized spacial score (nSPS) is 11.0. The summed E-state index contributed by atoms with van der Waals surface area (Å²) in [4.78, 5) is 28.5. The number of aryl methyl sites for hydroxylation is 2. The fourth-order valence-corrected chi connectivity index (χ4v) is 4.33. The minimum atomic E-state index is -0.457. The lowest BCUT2D eigenvalue weighted by Crippen LogP contribution is -2.21. The van der Waals surface area contributed by atoms with Gasteiger partial charge in [0, 0.05) is 17.9 Å². The van der Waals surface area contributed by atoms with Crippen molar-refractivity contribution in [3.63, 3.8) is 0 Å². The van der Waals surface area contributed by atoms with Crippen LogP contribution in [0.25, 0.3) is 16.6 Å². The summed E-state index contributed by atoms with van der Waals surface area (Å²) >= 11 is 1.48. The van der Waals surface area contributed by atoms with Gasteiger partial charge in [-0.2, -0.15) is 0 Å². The summed E-state index contributed by atoms with van der Waals surface area (Å²) in [5, 5.41) is 12.1. The SMILES string of the molecule is Cc1ccc(C)c(CSc2nc3ccccc3c(=O)n2-c2ccc([N+](=O)[O-])cc2)c1. The lowest BCUT2D eigenvalue weighted by Gasteiger charge is -2.14. The van der Waals surface area contributed by atoms with Crippen molar-refractivity contribution in [2.75, 3.05) is 0 Å². The highest BCUT2D eigenvalue weighted by atomic mass is 32.2. The summed E-state index contributed by atoms with van der Waals surface area (Å²) in [6.45, 7) is 4.11. The molecular weight excluding hydrogens is 398 g/mol. The molecule has 1 aromatic heterocycles. The number of non-ortho nitro benzene ring substituents is 1. The second-order valence-corrected chi connectivity index (χ2v) is 7.99. The molecule has 0 fully saturated rings. The summed E-state index contributed by atoms with van der Waals surface area (Å²) in [6.07, 6.45) is 0. The number of hydrogen-bond acceptors (Lipinski definition) is 5. The molecule has 0 spiro atoms. The van der Waals surface area contributed by atoms with Crippen LogP contribution in [0.15, 0.2) is 76.7 Å². The maximum atomic E-state index is 13.3. The van der Waals surface area contributed by atoms with Crippen LogP contribution in [0.5, 0.6) is 0 Å². The summed E-state index contributed by atoms with van der Waals surface area (Å²) in [5.74, 6) is 0.658. The molecule has 0 atom stereocenters. The first kappa shape index (κ1) is 19.8. The second-order valence-electron chi connectivity index (χ2n) is 7.04. The van der Waals surface area contributed by atoms with Crippen molar-refractivity contribution in [3.8, 4) is 5.69 Å². The highest BCUT2D eigenvalue weighted by Gasteiger charge is 2.15. The van der Waals surface area contributed by atoms with Gasteiger partial charge >= 0.3 is 0 Å². The van der Waals surface area contributed by atoms with E-state index in [4.69, 9.17) is 4.98 Å². The van der Waals surface area contributed by atoms with Gasteiger partial charge in [-0.3, -0.25) is 19.5 Å². The molecule has 1 heterocycles. The van der Waals surface area contributed by atoms with Gasteiger partial charge in [0.2, 0.25) is 0 Å². The molecule has 0 aliphatic rings. The van der Waals surface area contributed by atoms with Gasteiger partial charge in [0.1, 0.15) is 0 Å². The van der Waals surface area contributed by atoms with Crippen LogP contribution in [-0.2, 0) is 5.75 Å². The minimum absolute atomic E-state index is 0.0230. The maximum absolute atomic E-state index is 13.3. The molecule has 4 rings (SSSR count). The quantitative estimate of drug-likeness (QED) is 0.193. The molecule has 0 aliphatic heterocycles. The van der Waals surface area contributed by atoms with Crippen LogP contribution in [0.2, 0.25) is 0 Å². The number of nitrogens with zero attached hydrogens (tertiary/aromatic N) is 3. The van der Waals surface area contributed by atoms with Crippen molar-refractivity contribution in [1.29, 1.82) is 0 Å². The largest absolute Gasteiger partial charge is 0.269 e. The van der Waals surface area contributed by atoms with Crippen LogP contribution >= 0.6 is 11.8 Å². The number of nitro groups is 1. The fourth-order valence-electron chi connectivity index (χ4n) is 3.26. The van der Waals surface area contributed by atoms with E-state index in [2.05, 4.69) is 32.0 Å². The molecule has 0 saturated heterocycles. The zero-order valence-electron chi connectivity index (χ0n) is 16.5. The number of fused-ring (bicyclic) bond motifs is 1. The Hall–Kier alpha value is -3.45. The first-order chi connectivity index (χ1) is 14.4. The average Bonchev–Trinajstić information content (AvgIpc) is 2.74. The van der Waals surface area contributed by atoms with E-state index in [-0.39, 0.29) is 11.2 Å². The van der Waals surface area contributed by atoms with E-state index in [1.165, 1.54) is 45.2 Å². The van der Waals surface area contributed by atoms with Gasteiger partial charge in [0.25, 0.3) is 11.2 Å². The van der Waals surface area contributed by atoms with E-state index in [0.29, 0.717) is 27.5 Å². The van der Waals surface area contributed by atoms with Gasteiger partial charge < -0.3 is 0 Å². The molecule has 0 radical (unpaired) electrons. The lowest BCUT2D eigenvalue weighted by molar-refractivity contribution is -0.384.